The molecular formula is C12H25NO2. The fourth-order valence-electron chi connectivity index (χ4n) is 2.14. The molecule has 0 aromatic rings. The summed E-state index contributed by atoms with van der Waals surface area (Å²) in [4.78, 5) is 0. The highest BCUT2D eigenvalue weighted by Gasteiger charge is 2.32. The molecule has 0 radical (unpaired) electrons. The minimum atomic E-state index is -0.536. The number of hydrogen-bond acceptors (Lipinski definition) is 3. The van der Waals surface area contributed by atoms with Gasteiger partial charge in [-0.25, -0.2) is 0 Å². The maximum Gasteiger partial charge on any atom is 0.0661 e. The van der Waals surface area contributed by atoms with Gasteiger partial charge < -0.3 is 15.2 Å². The van der Waals surface area contributed by atoms with Crippen molar-refractivity contribution in [3.05, 3.63) is 0 Å². The summed E-state index contributed by atoms with van der Waals surface area (Å²) in [5.74, 6) is 0.403. The molecule has 3 heteroatoms. The van der Waals surface area contributed by atoms with Gasteiger partial charge in [-0.3, -0.25) is 0 Å². The van der Waals surface area contributed by atoms with Crippen LogP contribution in [0.25, 0.3) is 0 Å². The van der Waals surface area contributed by atoms with Gasteiger partial charge in [0, 0.05) is 19.3 Å². The van der Waals surface area contributed by atoms with Crippen LogP contribution in [0.15, 0.2) is 0 Å². The highest BCUT2D eigenvalue weighted by molar-refractivity contribution is 4.84. The second-order valence-electron chi connectivity index (χ2n) is 5.10. The lowest BCUT2D eigenvalue weighted by Crippen LogP contribution is -2.41. The second-order valence-corrected chi connectivity index (χ2v) is 5.10. The van der Waals surface area contributed by atoms with Crippen molar-refractivity contribution in [3.8, 4) is 0 Å². The van der Waals surface area contributed by atoms with Crippen molar-refractivity contribution in [1.29, 1.82) is 0 Å². The summed E-state index contributed by atoms with van der Waals surface area (Å²) in [5, 5.41) is 13.7. The van der Waals surface area contributed by atoms with Gasteiger partial charge in [0.2, 0.25) is 0 Å². The lowest BCUT2D eigenvalue weighted by atomic mass is 9.81. The fourth-order valence-corrected chi connectivity index (χ4v) is 2.14. The molecule has 90 valence electrons. The van der Waals surface area contributed by atoms with E-state index < -0.39 is 5.60 Å². The summed E-state index contributed by atoms with van der Waals surface area (Å²) in [5.41, 5.74) is -0.536. The van der Waals surface area contributed by atoms with Crippen LogP contribution in [0.1, 0.15) is 40.0 Å². The summed E-state index contributed by atoms with van der Waals surface area (Å²) >= 11 is 0. The van der Waals surface area contributed by atoms with Crippen LogP contribution in [-0.2, 0) is 4.74 Å². The molecule has 1 atom stereocenters. The first-order valence-electron chi connectivity index (χ1n) is 6.06. The number of nitrogens with one attached hydrogen (secondary N) is 1. The van der Waals surface area contributed by atoms with Crippen LogP contribution in [0.5, 0.6) is 0 Å². The third-order valence-electron chi connectivity index (χ3n) is 3.28. The number of hydrogen-bond donors (Lipinski definition) is 2. The number of rotatable bonds is 5. The second kappa shape index (κ2) is 5.83. The van der Waals surface area contributed by atoms with Gasteiger partial charge in [0.05, 0.1) is 5.60 Å². The molecule has 0 aromatic heterocycles. The van der Waals surface area contributed by atoms with E-state index in [0.29, 0.717) is 12.0 Å². The molecule has 0 aromatic carbocycles. The Labute approximate surface area is 93.2 Å². The Kier molecular flexibility index (Phi) is 5.03. The van der Waals surface area contributed by atoms with E-state index in [-0.39, 0.29) is 0 Å². The maximum atomic E-state index is 10.4. The van der Waals surface area contributed by atoms with E-state index in [1.165, 1.54) is 0 Å². The standard InChI is InChI=1S/C12H25NO2/c1-10(2)13-7-6-12(3,14)11-4-8-15-9-5-11/h10-11,13-14H,4-9H2,1-3H3. The van der Waals surface area contributed by atoms with E-state index in [2.05, 4.69) is 19.2 Å². The molecule has 0 saturated carbocycles. The van der Waals surface area contributed by atoms with Gasteiger partial charge in [-0.1, -0.05) is 13.8 Å². The Morgan fingerprint density at radius 2 is 2.00 bits per heavy atom. The molecule has 15 heavy (non-hydrogen) atoms. The molecule has 1 aliphatic heterocycles. The zero-order chi connectivity index (χ0) is 11.3. The highest BCUT2D eigenvalue weighted by Crippen LogP contribution is 2.29. The molecule has 0 bridgehead atoms. The van der Waals surface area contributed by atoms with E-state index in [1.54, 1.807) is 0 Å². The topological polar surface area (TPSA) is 41.5 Å². The predicted octanol–water partition coefficient (Wildman–Crippen LogP) is 1.55. The van der Waals surface area contributed by atoms with Crippen molar-refractivity contribution in [2.75, 3.05) is 19.8 Å². The lowest BCUT2D eigenvalue weighted by molar-refractivity contribution is -0.0579. The molecule has 1 saturated heterocycles. The van der Waals surface area contributed by atoms with Gasteiger partial charge in [-0.15, -0.1) is 0 Å². The first-order chi connectivity index (χ1) is 7.02. The lowest BCUT2D eigenvalue weighted by Gasteiger charge is -2.35. The van der Waals surface area contributed by atoms with Crippen molar-refractivity contribution in [1.82, 2.24) is 5.32 Å². The first-order valence-corrected chi connectivity index (χ1v) is 6.06. The summed E-state index contributed by atoms with van der Waals surface area (Å²) < 4.78 is 5.31. The van der Waals surface area contributed by atoms with Crippen molar-refractivity contribution in [2.45, 2.75) is 51.7 Å². The SMILES string of the molecule is CC(C)NCCC(C)(O)C1CCOCC1. The molecule has 1 unspecified atom stereocenters. The Balaban J connectivity index is 2.29. The number of aliphatic hydroxyl groups is 1. The molecule has 1 heterocycles. The van der Waals surface area contributed by atoms with Gasteiger partial charge in [0.15, 0.2) is 0 Å². The molecule has 0 amide bonds. The van der Waals surface area contributed by atoms with Crippen LogP contribution in [0.3, 0.4) is 0 Å². The van der Waals surface area contributed by atoms with E-state index >= 15 is 0 Å². The van der Waals surface area contributed by atoms with E-state index in [9.17, 15) is 5.11 Å². The van der Waals surface area contributed by atoms with Crippen LogP contribution in [0.2, 0.25) is 0 Å². The molecule has 2 N–H and O–H groups in total. The number of ether oxygens (including phenoxy) is 1. The van der Waals surface area contributed by atoms with E-state index in [4.69, 9.17) is 4.74 Å². The quantitative estimate of drug-likeness (QED) is 0.731. The normalized spacial score (nSPS) is 23.0. The van der Waals surface area contributed by atoms with Crippen molar-refractivity contribution in [2.24, 2.45) is 5.92 Å². The zero-order valence-corrected chi connectivity index (χ0v) is 10.3. The Bertz CT molecular complexity index is 174. The minimum absolute atomic E-state index is 0.403. The van der Waals surface area contributed by atoms with E-state index in [0.717, 1.165) is 39.0 Å². The highest BCUT2D eigenvalue weighted by atomic mass is 16.5. The van der Waals surface area contributed by atoms with Crippen LogP contribution >= 0.6 is 0 Å². The third-order valence-corrected chi connectivity index (χ3v) is 3.28. The van der Waals surface area contributed by atoms with Gasteiger partial charge in [0.25, 0.3) is 0 Å². The Morgan fingerprint density at radius 3 is 2.53 bits per heavy atom. The van der Waals surface area contributed by atoms with Gasteiger partial charge in [0.1, 0.15) is 0 Å². The average molecular weight is 215 g/mol. The molecule has 1 fully saturated rings. The molecule has 1 rings (SSSR count). The van der Waals surface area contributed by atoms with Gasteiger partial charge in [-0.2, -0.15) is 0 Å². The average Bonchev–Trinajstić information content (AvgIpc) is 2.18. The van der Waals surface area contributed by atoms with Crippen LogP contribution in [0, 0.1) is 5.92 Å². The van der Waals surface area contributed by atoms with Gasteiger partial charge in [-0.05, 0) is 38.6 Å². The van der Waals surface area contributed by atoms with Crippen molar-refractivity contribution < 1.29 is 9.84 Å². The van der Waals surface area contributed by atoms with Gasteiger partial charge >= 0.3 is 0 Å². The summed E-state index contributed by atoms with van der Waals surface area (Å²) in [6.07, 6.45) is 2.82. The molecular weight excluding hydrogens is 190 g/mol. The monoisotopic (exact) mass is 215 g/mol. The smallest absolute Gasteiger partial charge is 0.0661 e. The minimum Gasteiger partial charge on any atom is -0.390 e. The summed E-state index contributed by atoms with van der Waals surface area (Å²) in [7, 11) is 0. The summed E-state index contributed by atoms with van der Waals surface area (Å²) in [6, 6.07) is 0.496. The first kappa shape index (κ1) is 12.9. The largest absolute Gasteiger partial charge is 0.390 e. The van der Waals surface area contributed by atoms with Crippen LogP contribution in [0.4, 0.5) is 0 Å². The molecule has 0 aliphatic carbocycles. The maximum absolute atomic E-state index is 10.4. The fraction of sp³-hybridized carbons (Fsp3) is 1.00. The third kappa shape index (κ3) is 4.49. The molecule has 1 aliphatic rings. The van der Waals surface area contributed by atoms with Crippen LogP contribution < -0.4 is 5.32 Å². The predicted molar refractivity (Wildman–Crippen MR) is 61.9 cm³/mol. The van der Waals surface area contributed by atoms with Crippen molar-refractivity contribution >= 4 is 0 Å². The summed E-state index contributed by atoms with van der Waals surface area (Å²) in [6.45, 7) is 8.72. The van der Waals surface area contributed by atoms with E-state index in [1.807, 2.05) is 6.92 Å². The Morgan fingerprint density at radius 1 is 1.40 bits per heavy atom. The zero-order valence-electron chi connectivity index (χ0n) is 10.3. The van der Waals surface area contributed by atoms with Crippen LogP contribution in [-0.4, -0.2) is 36.5 Å². The molecule has 3 nitrogen and oxygen atoms in total. The molecule has 0 spiro atoms. The Hall–Kier alpha value is -0.120. The van der Waals surface area contributed by atoms with Crippen molar-refractivity contribution in [3.63, 3.8) is 0 Å².